The van der Waals surface area contributed by atoms with Gasteiger partial charge in [-0.2, -0.15) is 0 Å². The highest BCUT2D eigenvalue weighted by Crippen LogP contribution is 2.20. The molecule has 130 valence electrons. The first-order chi connectivity index (χ1) is 12.5. The number of rotatable bonds is 5. The molecule has 2 N–H and O–H groups in total. The van der Waals surface area contributed by atoms with Crippen LogP contribution in [0.3, 0.4) is 0 Å². The van der Waals surface area contributed by atoms with Crippen molar-refractivity contribution in [3.63, 3.8) is 0 Å². The number of Topliss-reactive ketones (excluding diaryl/α,β-unsaturated/α-hetero) is 1. The second-order valence-electron chi connectivity index (χ2n) is 5.99. The van der Waals surface area contributed by atoms with Crippen LogP contribution in [0, 0.1) is 6.92 Å². The summed E-state index contributed by atoms with van der Waals surface area (Å²) in [7, 11) is 0. The van der Waals surface area contributed by atoms with Crippen molar-refractivity contribution in [2.24, 2.45) is 0 Å². The summed E-state index contributed by atoms with van der Waals surface area (Å²) in [5.41, 5.74) is 4.48. The Bertz CT molecular complexity index is 949. The molecule has 0 atom stereocenters. The Morgan fingerprint density at radius 3 is 2.31 bits per heavy atom. The topological polar surface area (TPSA) is 71.1 Å². The molecule has 26 heavy (non-hydrogen) atoms. The zero-order chi connectivity index (χ0) is 18.5. The van der Waals surface area contributed by atoms with Crippen molar-refractivity contribution < 1.29 is 9.59 Å². The van der Waals surface area contributed by atoms with E-state index in [9.17, 15) is 9.59 Å². The third-order valence-electron chi connectivity index (χ3n) is 3.97. The maximum Gasteiger partial charge on any atom is 0.257 e. The Kier molecular flexibility index (Phi) is 5.08. The molecule has 0 aliphatic heterocycles. The van der Waals surface area contributed by atoms with Gasteiger partial charge in [-0.25, -0.2) is 0 Å². The van der Waals surface area contributed by atoms with E-state index in [0.29, 0.717) is 16.8 Å². The summed E-state index contributed by atoms with van der Waals surface area (Å²) in [4.78, 5) is 27.9. The number of amides is 1. The van der Waals surface area contributed by atoms with Crippen LogP contribution in [0.4, 0.5) is 17.1 Å². The van der Waals surface area contributed by atoms with E-state index in [1.807, 2.05) is 31.2 Å². The lowest BCUT2D eigenvalue weighted by Crippen LogP contribution is -2.12. The lowest BCUT2D eigenvalue weighted by molar-refractivity contribution is 0.101. The van der Waals surface area contributed by atoms with Gasteiger partial charge in [-0.1, -0.05) is 18.2 Å². The van der Waals surface area contributed by atoms with Crippen LogP contribution in [0.1, 0.15) is 33.2 Å². The maximum absolute atomic E-state index is 12.5. The van der Waals surface area contributed by atoms with Gasteiger partial charge in [0.05, 0.1) is 17.4 Å². The fraction of sp³-hybridized carbons (Fsp3) is 0.0952. The molecule has 0 saturated heterocycles. The van der Waals surface area contributed by atoms with Crippen LogP contribution in [0.25, 0.3) is 0 Å². The van der Waals surface area contributed by atoms with Crippen molar-refractivity contribution >= 4 is 28.8 Å². The van der Waals surface area contributed by atoms with E-state index in [2.05, 4.69) is 15.6 Å². The lowest BCUT2D eigenvalue weighted by Gasteiger charge is -2.10. The third kappa shape index (κ3) is 4.13. The lowest BCUT2D eigenvalue weighted by atomic mass is 10.1. The van der Waals surface area contributed by atoms with Gasteiger partial charge < -0.3 is 10.6 Å². The average molecular weight is 345 g/mol. The number of hydrogen-bond donors (Lipinski definition) is 2. The highest BCUT2D eigenvalue weighted by atomic mass is 16.1. The number of para-hydroxylation sites is 1. The van der Waals surface area contributed by atoms with E-state index in [4.69, 9.17) is 0 Å². The molecule has 0 aliphatic rings. The standard InChI is InChI=1S/C21H19N3O2/c1-14-5-3-4-6-20(14)23-19-11-17(12-22-13-19)21(26)24-18-9-7-16(8-10-18)15(2)25/h3-13,23H,1-2H3,(H,24,26). The fourth-order valence-corrected chi connectivity index (χ4v) is 2.49. The number of aryl methyl sites for hydroxylation is 1. The molecule has 0 spiro atoms. The van der Waals surface area contributed by atoms with E-state index in [1.54, 1.807) is 36.5 Å². The molecule has 5 nitrogen and oxygen atoms in total. The van der Waals surface area contributed by atoms with E-state index in [0.717, 1.165) is 16.9 Å². The SMILES string of the molecule is CC(=O)c1ccc(NC(=O)c2cncc(Nc3ccccc3C)c2)cc1. The molecule has 1 aromatic heterocycles. The molecule has 2 aromatic carbocycles. The van der Waals surface area contributed by atoms with Crippen LogP contribution < -0.4 is 10.6 Å². The number of carbonyl (C=O) groups excluding carboxylic acids is 2. The number of pyridine rings is 1. The average Bonchev–Trinajstić information content (AvgIpc) is 2.64. The van der Waals surface area contributed by atoms with Gasteiger partial charge in [0.25, 0.3) is 5.91 Å². The Balaban J connectivity index is 1.74. The van der Waals surface area contributed by atoms with Crippen molar-refractivity contribution in [3.05, 3.63) is 83.7 Å². The zero-order valence-corrected chi connectivity index (χ0v) is 14.6. The third-order valence-corrected chi connectivity index (χ3v) is 3.97. The Morgan fingerprint density at radius 2 is 1.62 bits per heavy atom. The van der Waals surface area contributed by atoms with Crippen LogP contribution in [0.5, 0.6) is 0 Å². The van der Waals surface area contributed by atoms with Gasteiger partial charge >= 0.3 is 0 Å². The molecule has 5 heteroatoms. The molecule has 3 aromatic rings. The maximum atomic E-state index is 12.5. The molecule has 0 unspecified atom stereocenters. The van der Waals surface area contributed by atoms with Crippen LogP contribution in [0.15, 0.2) is 67.0 Å². The van der Waals surface area contributed by atoms with Gasteiger partial charge in [-0.3, -0.25) is 14.6 Å². The summed E-state index contributed by atoms with van der Waals surface area (Å²) in [5.74, 6) is -0.274. The van der Waals surface area contributed by atoms with Crippen molar-refractivity contribution in [2.75, 3.05) is 10.6 Å². The first kappa shape index (κ1) is 17.4. The highest BCUT2D eigenvalue weighted by Gasteiger charge is 2.09. The summed E-state index contributed by atoms with van der Waals surface area (Å²) in [5, 5.41) is 6.08. The van der Waals surface area contributed by atoms with Crippen LogP contribution in [0.2, 0.25) is 0 Å². The second kappa shape index (κ2) is 7.61. The Labute approximate surface area is 152 Å². The minimum absolute atomic E-state index is 0.0120. The molecule has 1 heterocycles. The minimum Gasteiger partial charge on any atom is -0.354 e. The number of benzene rings is 2. The number of hydrogen-bond acceptors (Lipinski definition) is 4. The predicted molar refractivity (Wildman–Crippen MR) is 103 cm³/mol. The van der Waals surface area contributed by atoms with Crippen LogP contribution in [-0.4, -0.2) is 16.7 Å². The van der Waals surface area contributed by atoms with Crippen LogP contribution >= 0.6 is 0 Å². The number of nitrogens with one attached hydrogen (secondary N) is 2. The summed E-state index contributed by atoms with van der Waals surface area (Å²) < 4.78 is 0. The van der Waals surface area contributed by atoms with Crippen molar-refractivity contribution in [2.45, 2.75) is 13.8 Å². The number of ketones is 1. The van der Waals surface area contributed by atoms with Crippen molar-refractivity contribution in [1.29, 1.82) is 0 Å². The number of nitrogens with zero attached hydrogens (tertiary/aromatic N) is 1. The molecular formula is C21H19N3O2. The van der Waals surface area contributed by atoms with Crippen LogP contribution in [-0.2, 0) is 0 Å². The first-order valence-electron chi connectivity index (χ1n) is 8.23. The van der Waals surface area contributed by atoms with Gasteiger partial charge in [0.2, 0.25) is 0 Å². The van der Waals surface area contributed by atoms with Crippen molar-refractivity contribution in [1.82, 2.24) is 4.98 Å². The summed E-state index contributed by atoms with van der Waals surface area (Å²) in [6.45, 7) is 3.52. The van der Waals surface area contributed by atoms with Gasteiger partial charge in [-0.05, 0) is 55.8 Å². The number of aromatic nitrogens is 1. The predicted octanol–water partition coefficient (Wildman–Crippen LogP) is 4.59. The minimum atomic E-state index is -0.262. The Hall–Kier alpha value is -3.47. The van der Waals surface area contributed by atoms with Gasteiger partial charge in [0.15, 0.2) is 5.78 Å². The normalized spacial score (nSPS) is 10.2. The molecule has 0 aliphatic carbocycles. The van der Waals surface area contributed by atoms with Gasteiger partial charge in [0, 0.05) is 23.1 Å². The fourth-order valence-electron chi connectivity index (χ4n) is 2.49. The molecule has 0 fully saturated rings. The second-order valence-corrected chi connectivity index (χ2v) is 5.99. The Morgan fingerprint density at radius 1 is 0.885 bits per heavy atom. The first-order valence-corrected chi connectivity index (χ1v) is 8.23. The molecule has 3 rings (SSSR count). The summed E-state index contributed by atoms with van der Waals surface area (Å²) in [6.07, 6.45) is 3.19. The highest BCUT2D eigenvalue weighted by molar-refractivity contribution is 6.05. The molecule has 0 radical (unpaired) electrons. The molecular weight excluding hydrogens is 326 g/mol. The van der Waals surface area contributed by atoms with Gasteiger partial charge in [0.1, 0.15) is 0 Å². The monoisotopic (exact) mass is 345 g/mol. The van der Waals surface area contributed by atoms with E-state index < -0.39 is 0 Å². The summed E-state index contributed by atoms with van der Waals surface area (Å²) >= 11 is 0. The number of carbonyl (C=O) groups is 2. The van der Waals surface area contributed by atoms with E-state index in [-0.39, 0.29) is 11.7 Å². The zero-order valence-electron chi connectivity index (χ0n) is 14.6. The van der Waals surface area contributed by atoms with E-state index >= 15 is 0 Å². The summed E-state index contributed by atoms with van der Waals surface area (Å²) in [6, 6.07) is 16.4. The molecule has 0 saturated carbocycles. The molecule has 1 amide bonds. The smallest absolute Gasteiger partial charge is 0.257 e. The van der Waals surface area contributed by atoms with Crippen molar-refractivity contribution in [3.8, 4) is 0 Å². The number of anilines is 3. The molecule has 0 bridgehead atoms. The van der Waals surface area contributed by atoms with Gasteiger partial charge in [-0.15, -0.1) is 0 Å². The quantitative estimate of drug-likeness (QED) is 0.664. The largest absolute Gasteiger partial charge is 0.354 e. The van der Waals surface area contributed by atoms with E-state index in [1.165, 1.54) is 13.1 Å².